The highest BCUT2D eigenvalue weighted by Crippen LogP contribution is 2.22. The standard InChI is InChI=1S/C15H20N2O2/c1-11-10-13(12(2)18)4-5-14(11)19-9-6-15-16-7-8-17(15)3/h4-5,7-8,10,12,18H,6,9H2,1-3H3/t12-/m0/s1. The Kier molecular flexibility index (Phi) is 4.22. The Hall–Kier alpha value is -1.81. The van der Waals surface area contributed by atoms with E-state index in [2.05, 4.69) is 4.98 Å². The van der Waals surface area contributed by atoms with Crippen molar-refractivity contribution in [1.29, 1.82) is 0 Å². The molecular weight excluding hydrogens is 240 g/mol. The van der Waals surface area contributed by atoms with E-state index in [0.717, 1.165) is 29.1 Å². The summed E-state index contributed by atoms with van der Waals surface area (Å²) in [5, 5.41) is 9.52. The highest BCUT2D eigenvalue weighted by molar-refractivity contribution is 5.36. The lowest BCUT2D eigenvalue weighted by molar-refractivity contribution is 0.199. The first-order valence-corrected chi connectivity index (χ1v) is 6.45. The largest absolute Gasteiger partial charge is 0.493 e. The third-order valence-electron chi connectivity index (χ3n) is 3.19. The second kappa shape index (κ2) is 5.89. The van der Waals surface area contributed by atoms with Gasteiger partial charge in [-0.15, -0.1) is 0 Å². The van der Waals surface area contributed by atoms with Crippen molar-refractivity contribution in [3.63, 3.8) is 0 Å². The Morgan fingerprint density at radius 2 is 2.21 bits per heavy atom. The summed E-state index contributed by atoms with van der Waals surface area (Å²) in [5.74, 6) is 1.87. The summed E-state index contributed by atoms with van der Waals surface area (Å²) in [6, 6.07) is 5.77. The minimum Gasteiger partial charge on any atom is -0.493 e. The zero-order chi connectivity index (χ0) is 13.8. The van der Waals surface area contributed by atoms with E-state index < -0.39 is 6.10 Å². The number of rotatable bonds is 5. The fraction of sp³-hybridized carbons (Fsp3) is 0.400. The fourth-order valence-electron chi connectivity index (χ4n) is 1.98. The van der Waals surface area contributed by atoms with Crippen LogP contribution in [0.3, 0.4) is 0 Å². The molecule has 0 radical (unpaired) electrons. The molecule has 102 valence electrons. The molecule has 1 atom stereocenters. The molecule has 0 unspecified atom stereocenters. The lowest BCUT2D eigenvalue weighted by Gasteiger charge is -2.12. The number of imidazole rings is 1. The first-order valence-electron chi connectivity index (χ1n) is 6.45. The number of hydrogen-bond donors (Lipinski definition) is 1. The lowest BCUT2D eigenvalue weighted by atomic mass is 10.1. The van der Waals surface area contributed by atoms with E-state index in [0.29, 0.717) is 6.61 Å². The van der Waals surface area contributed by atoms with Crippen LogP contribution in [0.2, 0.25) is 0 Å². The number of nitrogens with zero attached hydrogens (tertiary/aromatic N) is 2. The van der Waals surface area contributed by atoms with Crippen molar-refractivity contribution >= 4 is 0 Å². The van der Waals surface area contributed by atoms with Gasteiger partial charge in [0.2, 0.25) is 0 Å². The van der Waals surface area contributed by atoms with Crippen LogP contribution in [0.15, 0.2) is 30.6 Å². The Morgan fingerprint density at radius 3 is 2.79 bits per heavy atom. The van der Waals surface area contributed by atoms with Crippen LogP contribution in [-0.2, 0) is 13.5 Å². The molecule has 0 amide bonds. The van der Waals surface area contributed by atoms with Gasteiger partial charge >= 0.3 is 0 Å². The van der Waals surface area contributed by atoms with Crippen molar-refractivity contribution in [2.24, 2.45) is 7.05 Å². The maximum Gasteiger partial charge on any atom is 0.122 e. The molecule has 1 aromatic heterocycles. The van der Waals surface area contributed by atoms with Crippen LogP contribution < -0.4 is 4.74 Å². The van der Waals surface area contributed by atoms with Crippen molar-refractivity contribution in [2.75, 3.05) is 6.61 Å². The van der Waals surface area contributed by atoms with E-state index in [1.165, 1.54) is 0 Å². The van der Waals surface area contributed by atoms with E-state index in [4.69, 9.17) is 4.74 Å². The predicted octanol–water partition coefficient (Wildman–Crippen LogP) is 2.40. The van der Waals surface area contributed by atoms with Gasteiger partial charge in [0.05, 0.1) is 12.7 Å². The third kappa shape index (κ3) is 3.35. The molecule has 1 heterocycles. The monoisotopic (exact) mass is 260 g/mol. The maximum absolute atomic E-state index is 9.52. The summed E-state index contributed by atoms with van der Waals surface area (Å²) in [5.41, 5.74) is 1.95. The third-order valence-corrected chi connectivity index (χ3v) is 3.19. The molecule has 2 rings (SSSR count). The van der Waals surface area contributed by atoms with E-state index in [-0.39, 0.29) is 0 Å². The second-order valence-electron chi connectivity index (χ2n) is 4.75. The van der Waals surface area contributed by atoms with Gasteiger partial charge in [-0.3, -0.25) is 0 Å². The summed E-state index contributed by atoms with van der Waals surface area (Å²) in [7, 11) is 1.98. The van der Waals surface area contributed by atoms with Gasteiger partial charge in [0, 0.05) is 25.9 Å². The Labute approximate surface area is 113 Å². The first kappa shape index (κ1) is 13.6. The Morgan fingerprint density at radius 1 is 1.42 bits per heavy atom. The van der Waals surface area contributed by atoms with Crippen LogP contribution in [0.1, 0.15) is 30.0 Å². The van der Waals surface area contributed by atoms with Crippen LogP contribution in [0.5, 0.6) is 5.75 Å². The lowest BCUT2D eigenvalue weighted by Crippen LogP contribution is -2.07. The molecule has 0 fully saturated rings. The molecule has 0 aliphatic heterocycles. The predicted molar refractivity (Wildman–Crippen MR) is 74.2 cm³/mol. The summed E-state index contributed by atoms with van der Waals surface area (Å²) < 4.78 is 7.76. The SMILES string of the molecule is Cc1cc([C@H](C)O)ccc1OCCc1nccn1C. The number of aliphatic hydroxyl groups excluding tert-OH is 1. The number of benzene rings is 1. The second-order valence-corrected chi connectivity index (χ2v) is 4.75. The normalized spacial score (nSPS) is 12.4. The van der Waals surface area contributed by atoms with Gasteiger partial charge in [-0.1, -0.05) is 6.07 Å². The van der Waals surface area contributed by atoms with Gasteiger partial charge in [0.25, 0.3) is 0 Å². The zero-order valence-electron chi connectivity index (χ0n) is 11.6. The van der Waals surface area contributed by atoms with Crippen molar-refractivity contribution in [1.82, 2.24) is 9.55 Å². The minimum absolute atomic E-state index is 0.444. The van der Waals surface area contributed by atoms with E-state index in [1.54, 1.807) is 13.1 Å². The quantitative estimate of drug-likeness (QED) is 0.898. The summed E-state index contributed by atoms with van der Waals surface area (Å²) in [4.78, 5) is 4.26. The van der Waals surface area contributed by atoms with E-state index >= 15 is 0 Å². The summed E-state index contributed by atoms with van der Waals surface area (Å²) in [6.45, 7) is 4.35. The Balaban J connectivity index is 1.95. The van der Waals surface area contributed by atoms with E-state index in [9.17, 15) is 5.11 Å². The summed E-state index contributed by atoms with van der Waals surface area (Å²) in [6.07, 6.45) is 4.05. The minimum atomic E-state index is -0.444. The Bertz CT molecular complexity index is 547. The molecular formula is C15H20N2O2. The van der Waals surface area contributed by atoms with Crippen molar-refractivity contribution in [3.05, 3.63) is 47.5 Å². The summed E-state index contributed by atoms with van der Waals surface area (Å²) >= 11 is 0. The average molecular weight is 260 g/mol. The van der Waals surface area contributed by atoms with Crippen molar-refractivity contribution in [2.45, 2.75) is 26.4 Å². The molecule has 2 aromatic rings. The molecule has 0 aliphatic carbocycles. The molecule has 1 N–H and O–H groups in total. The highest BCUT2D eigenvalue weighted by atomic mass is 16.5. The molecule has 0 aliphatic rings. The number of aliphatic hydroxyl groups is 1. The van der Waals surface area contributed by atoms with Crippen molar-refractivity contribution in [3.8, 4) is 5.75 Å². The van der Waals surface area contributed by atoms with Crippen LogP contribution in [0.25, 0.3) is 0 Å². The molecule has 0 bridgehead atoms. The molecule has 19 heavy (non-hydrogen) atoms. The smallest absolute Gasteiger partial charge is 0.122 e. The first-order chi connectivity index (χ1) is 9.08. The number of ether oxygens (including phenoxy) is 1. The van der Waals surface area contributed by atoms with Gasteiger partial charge in [-0.25, -0.2) is 4.98 Å². The fourth-order valence-corrected chi connectivity index (χ4v) is 1.98. The van der Waals surface area contributed by atoms with Gasteiger partial charge in [0.15, 0.2) is 0 Å². The highest BCUT2D eigenvalue weighted by Gasteiger charge is 2.06. The van der Waals surface area contributed by atoms with Crippen LogP contribution in [0, 0.1) is 6.92 Å². The molecule has 0 saturated heterocycles. The molecule has 0 saturated carbocycles. The van der Waals surface area contributed by atoms with Gasteiger partial charge in [0.1, 0.15) is 11.6 Å². The average Bonchev–Trinajstić information content (AvgIpc) is 2.77. The van der Waals surface area contributed by atoms with Gasteiger partial charge in [-0.2, -0.15) is 0 Å². The molecule has 0 spiro atoms. The number of aromatic nitrogens is 2. The number of aryl methyl sites for hydroxylation is 2. The van der Waals surface area contributed by atoms with E-state index in [1.807, 2.05) is 42.9 Å². The number of hydrogen-bond acceptors (Lipinski definition) is 3. The maximum atomic E-state index is 9.52. The van der Waals surface area contributed by atoms with Gasteiger partial charge in [-0.05, 0) is 37.1 Å². The van der Waals surface area contributed by atoms with Crippen molar-refractivity contribution < 1.29 is 9.84 Å². The van der Waals surface area contributed by atoms with Crippen LogP contribution >= 0.6 is 0 Å². The molecule has 4 nitrogen and oxygen atoms in total. The zero-order valence-corrected chi connectivity index (χ0v) is 11.6. The van der Waals surface area contributed by atoms with Crippen LogP contribution in [-0.4, -0.2) is 21.3 Å². The van der Waals surface area contributed by atoms with Gasteiger partial charge < -0.3 is 14.4 Å². The molecule has 1 aromatic carbocycles. The molecule has 4 heteroatoms. The topological polar surface area (TPSA) is 47.3 Å². The van der Waals surface area contributed by atoms with Crippen LogP contribution in [0.4, 0.5) is 0 Å².